The summed E-state index contributed by atoms with van der Waals surface area (Å²) >= 11 is 6.82. The molecule has 0 unspecified atom stereocenters. The van der Waals surface area contributed by atoms with Gasteiger partial charge in [0.15, 0.2) is 0 Å². The standard InChI is InChI=1S/C23H19Br2NO4/c1-11-13(3)29-20-10-21-17(9-16(11)20)12(2)15(23(28)30-21)5-7-22(27)26-19-6-4-14(24)8-18(19)25/h4,6,8-10H,5,7H2,1-3H3,(H,26,27). The molecule has 0 spiro atoms. The van der Waals surface area contributed by atoms with Gasteiger partial charge in [-0.1, -0.05) is 15.9 Å². The molecular weight excluding hydrogens is 514 g/mol. The van der Waals surface area contributed by atoms with Crippen LogP contribution in [0, 0.1) is 20.8 Å². The second-order valence-electron chi connectivity index (χ2n) is 7.29. The highest BCUT2D eigenvalue weighted by Crippen LogP contribution is 2.31. The van der Waals surface area contributed by atoms with E-state index in [0.717, 1.165) is 36.6 Å². The Morgan fingerprint density at radius 1 is 0.967 bits per heavy atom. The molecule has 0 saturated heterocycles. The lowest BCUT2D eigenvalue weighted by Gasteiger charge is -2.10. The summed E-state index contributed by atoms with van der Waals surface area (Å²) in [7, 11) is 0. The molecule has 2 aromatic carbocycles. The molecule has 7 heteroatoms. The highest BCUT2D eigenvalue weighted by Gasteiger charge is 2.16. The van der Waals surface area contributed by atoms with Gasteiger partial charge in [-0.25, -0.2) is 4.79 Å². The van der Waals surface area contributed by atoms with Crippen molar-refractivity contribution in [2.75, 3.05) is 5.32 Å². The van der Waals surface area contributed by atoms with Gasteiger partial charge >= 0.3 is 5.63 Å². The van der Waals surface area contributed by atoms with Crippen LogP contribution in [-0.2, 0) is 11.2 Å². The highest BCUT2D eigenvalue weighted by molar-refractivity contribution is 9.11. The van der Waals surface area contributed by atoms with Crippen molar-refractivity contribution in [2.45, 2.75) is 33.6 Å². The number of halogens is 2. The van der Waals surface area contributed by atoms with Gasteiger partial charge in [0.25, 0.3) is 0 Å². The number of benzene rings is 2. The Morgan fingerprint density at radius 3 is 2.40 bits per heavy atom. The van der Waals surface area contributed by atoms with Crippen molar-refractivity contribution in [1.82, 2.24) is 0 Å². The predicted molar refractivity (Wildman–Crippen MR) is 125 cm³/mol. The van der Waals surface area contributed by atoms with E-state index in [-0.39, 0.29) is 12.3 Å². The molecule has 2 aromatic heterocycles. The van der Waals surface area contributed by atoms with E-state index in [1.165, 1.54) is 0 Å². The third-order valence-electron chi connectivity index (χ3n) is 5.39. The minimum atomic E-state index is -0.419. The van der Waals surface area contributed by atoms with E-state index < -0.39 is 5.63 Å². The van der Waals surface area contributed by atoms with E-state index in [2.05, 4.69) is 37.2 Å². The van der Waals surface area contributed by atoms with Crippen molar-refractivity contribution >= 4 is 65.4 Å². The first-order valence-electron chi connectivity index (χ1n) is 9.45. The summed E-state index contributed by atoms with van der Waals surface area (Å²) in [6, 6.07) is 9.28. The molecule has 0 atom stereocenters. The summed E-state index contributed by atoms with van der Waals surface area (Å²) in [4.78, 5) is 25.0. The molecule has 0 fully saturated rings. The minimum Gasteiger partial charge on any atom is -0.461 e. The topological polar surface area (TPSA) is 72.5 Å². The van der Waals surface area contributed by atoms with Crippen LogP contribution >= 0.6 is 31.9 Å². The lowest BCUT2D eigenvalue weighted by atomic mass is 10.0. The van der Waals surface area contributed by atoms with Gasteiger partial charge in [-0.05, 0) is 78.5 Å². The van der Waals surface area contributed by atoms with Gasteiger partial charge in [0, 0.05) is 37.8 Å². The van der Waals surface area contributed by atoms with Gasteiger partial charge in [-0.3, -0.25) is 4.79 Å². The van der Waals surface area contributed by atoms with Crippen LogP contribution in [0.1, 0.15) is 28.9 Å². The summed E-state index contributed by atoms with van der Waals surface area (Å²) < 4.78 is 13.0. The Morgan fingerprint density at radius 2 is 1.67 bits per heavy atom. The lowest BCUT2D eigenvalue weighted by molar-refractivity contribution is -0.116. The molecule has 30 heavy (non-hydrogen) atoms. The highest BCUT2D eigenvalue weighted by atomic mass is 79.9. The molecular formula is C23H19Br2NO4. The minimum absolute atomic E-state index is 0.172. The predicted octanol–water partition coefficient (Wildman–Crippen LogP) is 6.56. The number of amides is 1. The van der Waals surface area contributed by atoms with Gasteiger partial charge < -0.3 is 14.2 Å². The molecule has 4 aromatic rings. The fourth-order valence-electron chi connectivity index (χ4n) is 3.56. The van der Waals surface area contributed by atoms with Crippen molar-refractivity contribution in [1.29, 1.82) is 0 Å². The molecule has 0 bridgehead atoms. The quantitative estimate of drug-likeness (QED) is 0.302. The lowest BCUT2D eigenvalue weighted by Crippen LogP contribution is -2.16. The summed E-state index contributed by atoms with van der Waals surface area (Å²) in [5, 5.41) is 4.73. The molecule has 4 rings (SSSR count). The zero-order valence-corrected chi connectivity index (χ0v) is 19.9. The van der Waals surface area contributed by atoms with Gasteiger partial charge in [0.2, 0.25) is 5.91 Å². The maximum Gasteiger partial charge on any atom is 0.339 e. The molecule has 0 aliphatic carbocycles. The van der Waals surface area contributed by atoms with Crippen molar-refractivity contribution in [3.05, 3.63) is 72.1 Å². The first-order valence-corrected chi connectivity index (χ1v) is 11.0. The first-order chi connectivity index (χ1) is 14.2. The molecule has 0 radical (unpaired) electrons. The smallest absolute Gasteiger partial charge is 0.339 e. The summed E-state index contributed by atoms with van der Waals surface area (Å²) in [5.41, 5.74) is 3.87. The number of nitrogens with one attached hydrogen (secondary N) is 1. The molecule has 1 amide bonds. The number of hydrogen-bond acceptors (Lipinski definition) is 4. The van der Waals surface area contributed by atoms with Gasteiger partial charge in [-0.15, -0.1) is 0 Å². The van der Waals surface area contributed by atoms with Gasteiger partial charge in [0.1, 0.15) is 16.9 Å². The largest absolute Gasteiger partial charge is 0.461 e. The second-order valence-corrected chi connectivity index (χ2v) is 9.06. The maximum atomic E-state index is 12.6. The van der Waals surface area contributed by atoms with Gasteiger partial charge in [-0.2, -0.15) is 0 Å². The molecule has 154 valence electrons. The third-order valence-corrected chi connectivity index (χ3v) is 6.54. The zero-order valence-electron chi connectivity index (χ0n) is 16.7. The number of fused-ring (bicyclic) bond motifs is 2. The SMILES string of the molecule is Cc1oc2cc3oc(=O)c(CCC(=O)Nc4ccc(Br)cc4Br)c(C)c3cc2c1C. The Hall–Kier alpha value is -2.38. The Bertz CT molecular complexity index is 1370. The van der Waals surface area contributed by atoms with E-state index in [1.807, 2.05) is 45.0 Å². The van der Waals surface area contributed by atoms with E-state index >= 15 is 0 Å². The number of carbonyl (C=O) groups is 1. The molecule has 1 N–H and O–H groups in total. The first kappa shape index (κ1) is 20.9. The second kappa shape index (κ2) is 8.04. The summed E-state index contributed by atoms with van der Waals surface area (Å²) in [5.74, 6) is 0.671. The number of aryl methyl sites for hydroxylation is 3. The average Bonchev–Trinajstić information content (AvgIpc) is 2.96. The van der Waals surface area contributed by atoms with Crippen LogP contribution < -0.4 is 10.9 Å². The van der Waals surface area contributed by atoms with Crippen molar-refractivity contribution in [3.8, 4) is 0 Å². The normalized spacial score (nSPS) is 11.4. The van der Waals surface area contributed by atoms with Crippen LogP contribution in [0.15, 0.2) is 52.9 Å². The summed E-state index contributed by atoms with van der Waals surface area (Å²) in [6.07, 6.45) is 0.469. The van der Waals surface area contributed by atoms with Gasteiger partial charge in [0.05, 0.1) is 5.69 Å². The van der Waals surface area contributed by atoms with E-state index in [1.54, 1.807) is 6.07 Å². The Balaban J connectivity index is 1.62. The van der Waals surface area contributed by atoms with E-state index in [0.29, 0.717) is 28.8 Å². The van der Waals surface area contributed by atoms with Crippen molar-refractivity contribution in [2.24, 2.45) is 0 Å². The van der Waals surface area contributed by atoms with Crippen LogP contribution in [0.2, 0.25) is 0 Å². The summed E-state index contributed by atoms with van der Waals surface area (Å²) in [6.45, 7) is 5.82. The molecule has 0 aliphatic heterocycles. The zero-order chi connectivity index (χ0) is 21.6. The molecule has 2 heterocycles. The molecule has 5 nitrogen and oxygen atoms in total. The Kier molecular flexibility index (Phi) is 5.59. The maximum absolute atomic E-state index is 12.6. The van der Waals surface area contributed by atoms with Crippen LogP contribution in [0.25, 0.3) is 21.9 Å². The Labute approximate surface area is 189 Å². The van der Waals surface area contributed by atoms with Crippen molar-refractivity contribution in [3.63, 3.8) is 0 Å². The van der Waals surface area contributed by atoms with Crippen LogP contribution in [0.3, 0.4) is 0 Å². The fraction of sp³-hybridized carbons (Fsp3) is 0.217. The number of furan rings is 1. The van der Waals surface area contributed by atoms with E-state index in [9.17, 15) is 9.59 Å². The van der Waals surface area contributed by atoms with E-state index in [4.69, 9.17) is 8.83 Å². The number of carbonyl (C=O) groups excluding carboxylic acids is 1. The van der Waals surface area contributed by atoms with Crippen LogP contribution in [0.5, 0.6) is 0 Å². The number of rotatable bonds is 4. The molecule has 0 saturated carbocycles. The monoisotopic (exact) mass is 531 g/mol. The average molecular weight is 533 g/mol. The van der Waals surface area contributed by atoms with Crippen LogP contribution in [-0.4, -0.2) is 5.91 Å². The van der Waals surface area contributed by atoms with Crippen LogP contribution in [0.4, 0.5) is 5.69 Å². The fourth-order valence-corrected chi connectivity index (χ4v) is 4.70. The van der Waals surface area contributed by atoms with Crippen molar-refractivity contribution < 1.29 is 13.6 Å². The molecule has 0 aliphatic rings. The third kappa shape index (κ3) is 3.84. The number of anilines is 1. The number of hydrogen-bond donors (Lipinski definition) is 1.